The van der Waals surface area contributed by atoms with Crippen LogP contribution < -0.4 is 5.32 Å². The van der Waals surface area contributed by atoms with E-state index in [0.29, 0.717) is 5.82 Å². The number of nitrogens with one attached hydrogen (secondary N) is 1. The van der Waals surface area contributed by atoms with Crippen LogP contribution in [0.1, 0.15) is 13.8 Å². The van der Waals surface area contributed by atoms with Crippen LogP contribution in [0.4, 0.5) is 5.82 Å². The maximum absolute atomic E-state index is 9.46. The molecule has 2 aromatic heterocycles. The van der Waals surface area contributed by atoms with Gasteiger partial charge in [-0.05, 0) is 42.3 Å². The van der Waals surface area contributed by atoms with Crippen molar-refractivity contribution in [3.8, 4) is 17.0 Å². The van der Waals surface area contributed by atoms with E-state index in [1.54, 1.807) is 22.8 Å². The van der Waals surface area contributed by atoms with Gasteiger partial charge in [0.05, 0.1) is 24.5 Å². The molecule has 0 amide bonds. The molecule has 0 aliphatic heterocycles. The number of rotatable bonds is 5. The lowest BCUT2D eigenvalue weighted by Crippen LogP contribution is -2.30. The van der Waals surface area contributed by atoms with Crippen molar-refractivity contribution in [2.75, 3.05) is 11.9 Å². The molecule has 3 rings (SSSR count). The van der Waals surface area contributed by atoms with Gasteiger partial charge in [-0.2, -0.15) is 0 Å². The minimum Gasteiger partial charge on any atom is -0.508 e. The van der Waals surface area contributed by atoms with E-state index in [1.165, 1.54) is 0 Å². The molecule has 0 aliphatic rings. The Bertz CT molecular complexity index is 796. The van der Waals surface area contributed by atoms with Crippen molar-refractivity contribution in [2.24, 2.45) is 5.92 Å². The molecular formula is C17H20N4O2. The largest absolute Gasteiger partial charge is 0.508 e. The first kappa shape index (κ1) is 15.3. The number of aromatic nitrogens is 3. The van der Waals surface area contributed by atoms with Gasteiger partial charge < -0.3 is 15.5 Å². The van der Waals surface area contributed by atoms with Crippen LogP contribution >= 0.6 is 0 Å². The van der Waals surface area contributed by atoms with Gasteiger partial charge in [0.1, 0.15) is 11.6 Å². The van der Waals surface area contributed by atoms with Crippen molar-refractivity contribution < 1.29 is 10.2 Å². The number of aliphatic hydroxyl groups is 1. The molecule has 0 radical (unpaired) electrons. The smallest absolute Gasteiger partial charge is 0.154 e. The van der Waals surface area contributed by atoms with Crippen LogP contribution in [0.25, 0.3) is 16.9 Å². The summed E-state index contributed by atoms with van der Waals surface area (Å²) in [6, 6.07) is 10.6. The van der Waals surface area contributed by atoms with Crippen LogP contribution in [-0.2, 0) is 0 Å². The van der Waals surface area contributed by atoms with Gasteiger partial charge in [0.15, 0.2) is 5.65 Å². The Balaban J connectivity index is 1.98. The summed E-state index contributed by atoms with van der Waals surface area (Å²) in [6.07, 6.45) is 1.75. The van der Waals surface area contributed by atoms with Crippen LogP contribution in [0.5, 0.6) is 5.75 Å². The minimum absolute atomic E-state index is 0.0477. The van der Waals surface area contributed by atoms with E-state index in [-0.39, 0.29) is 24.3 Å². The topological polar surface area (TPSA) is 82.7 Å². The Morgan fingerprint density at radius 3 is 2.52 bits per heavy atom. The summed E-state index contributed by atoms with van der Waals surface area (Å²) >= 11 is 0. The molecule has 0 unspecified atom stereocenters. The maximum Gasteiger partial charge on any atom is 0.154 e. The molecular weight excluding hydrogens is 292 g/mol. The Morgan fingerprint density at radius 1 is 1.13 bits per heavy atom. The summed E-state index contributed by atoms with van der Waals surface area (Å²) < 4.78 is 1.75. The third kappa shape index (κ3) is 3.12. The predicted octanol–water partition coefficient (Wildman–Crippen LogP) is 2.53. The van der Waals surface area contributed by atoms with Crippen molar-refractivity contribution in [3.63, 3.8) is 0 Å². The molecule has 0 spiro atoms. The highest BCUT2D eigenvalue weighted by molar-refractivity contribution is 5.64. The Kier molecular flexibility index (Phi) is 4.16. The number of imidazole rings is 1. The Labute approximate surface area is 134 Å². The van der Waals surface area contributed by atoms with E-state index in [9.17, 15) is 10.2 Å². The second-order valence-electron chi connectivity index (χ2n) is 5.86. The number of anilines is 1. The zero-order valence-corrected chi connectivity index (χ0v) is 13.1. The summed E-state index contributed by atoms with van der Waals surface area (Å²) in [4.78, 5) is 4.35. The summed E-state index contributed by atoms with van der Waals surface area (Å²) in [5.74, 6) is 1.20. The molecule has 3 aromatic rings. The molecule has 0 aliphatic carbocycles. The van der Waals surface area contributed by atoms with Crippen molar-refractivity contribution in [1.82, 2.24) is 14.6 Å². The lowest BCUT2D eigenvalue weighted by Gasteiger charge is -2.20. The molecule has 0 saturated heterocycles. The second kappa shape index (κ2) is 6.26. The summed E-state index contributed by atoms with van der Waals surface area (Å²) in [5, 5.41) is 26.7. The van der Waals surface area contributed by atoms with E-state index in [2.05, 4.69) is 15.4 Å². The highest BCUT2D eigenvalue weighted by Crippen LogP contribution is 2.23. The molecule has 1 atom stereocenters. The number of nitrogens with zero attached hydrogens (tertiary/aromatic N) is 3. The average Bonchev–Trinajstić information content (AvgIpc) is 2.96. The second-order valence-corrected chi connectivity index (χ2v) is 5.86. The monoisotopic (exact) mass is 312 g/mol. The average molecular weight is 312 g/mol. The van der Waals surface area contributed by atoms with Gasteiger partial charge in [-0.3, -0.25) is 0 Å². The first-order chi connectivity index (χ1) is 11.1. The van der Waals surface area contributed by atoms with Crippen molar-refractivity contribution in [3.05, 3.63) is 42.6 Å². The van der Waals surface area contributed by atoms with Gasteiger partial charge in [-0.1, -0.05) is 13.8 Å². The van der Waals surface area contributed by atoms with E-state index in [0.717, 1.165) is 16.9 Å². The number of aromatic hydroxyl groups is 1. The van der Waals surface area contributed by atoms with E-state index < -0.39 is 0 Å². The van der Waals surface area contributed by atoms with Crippen molar-refractivity contribution >= 4 is 11.5 Å². The fourth-order valence-electron chi connectivity index (χ4n) is 2.39. The fraction of sp³-hybridized carbons (Fsp3) is 0.294. The predicted molar refractivity (Wildman–Crippen MR) is 89.4 cm³/mol. The normalized spacial score (nSPS) is 12.7. The Hall–Kier alpha value is -2.60. The molecule has 0 saturated carbocycles. The van der Waals surface area contributed by atoms with Crippen LogP contribution in [0.3, 0.4) is 0 Å². The van der Waals surface area contributed by atoms with Crippen LogP contribution in [0.15, 0.2) is 42.6 Å². The SMILES string of the molecule is CC(C)[C@@H](CO)Nc1ccc2ncc(-c3ccc(O)cc3)n2n1. The quantitative estimate of drug-likeness (QED) is 0.674. The molecule has 3 N–H and O–H groups in total. The third-order valence-electron chi connectivity index (χ3n) is 3.86. The standard InChI is InChI=1S/C17H20N4O2/c1-11(2)14(10-22)19-16-7-8-17-18-9-15(21(17)20-16)12-3-5-13(23)6-4-12/h3-9,11,14,22-23H,10H2,1-2H3,(H,19,20)/t14-/m1/s1. The number of phenols is 1. The summed E-state index contributed by atoms with van der Waals surface area (Å²) in [7, 11) is 0. The third-order valence-corrected chi connectivity index (χ3v) is 3.86. The van der Waals surface area contributed by atoms with Crippen LogP contribution in [-0.4, -0.2) is 37.5 Å². The molecule has 6 nitrogen and oxygen atoms in total. The zero-order valence-electron chi connectivity index (χ0n) is 13.1. The van der Waals surface area contributed by atoms with E-state index in [4.69, 9.17) is 0 Å². The number of fused-ring (bicyclic) bond motifs is 1. The first-order valence-electron chi connectivity index (χ1n) is 7.60. The van der Waals surface area contributed by atoms with E-state index in [1.807, 2.05) is 38.1 Å². The number of hydrogen-bond donors (Lipinski definition) is 3. The minimum atomic E-state index is -0.0550. The Morgan fingerprint density at radius 2 is 1.87 bits per heavy atom. The van der Waals surface area contributed by atoms with Gasteiger partial charge in [-0.25, -0.2) is 9.50 Å². The summed E-state index contributed by atoms with van der Waals surface area (Å²) in [5.41, 5.74) is 2.50. The first-order valence-corrected chi connectivity index (χ1v) is 7.60. The highest BCUT2D eigenvalue weighted by atomic mass is 16.3. The fourth-order valence-corrected chi connectivity index (χ4v) is 2.39. The van der Waals surface area contributed by atoms with Gasteiger partial charge in [0.2, 0.25) is 0 Å². The molecule has 2 heterocycles. The molecule has 0 fully saturated rings. The lowest BCUT2D eigenvalue weighted by molar-refractivity contribution is 0.249. The maximum atomic E-state index is 9.46. The zero-order chi connectivity index (χ0) is 16.4. The number of aliphatic hydroxyl groups excluding tert-OH is 1. The van der Waals surface area contributed by atoms with Crippen molar-refractivity contribution in [2.45, 2.75) is 19.9 Å². The van der Waals surface area contributed by atoms with Gasteiger partial charge >= 0.3 is 0 Å². The lowest BCUT2D eigenvalue weighted by atomic mass is 10.1. The van der Waals surface area contributed by atoms with Gasteiger partial charge in [0.25, 0.3) is 0 Å². The van der Waals surface area contributed by atoms with Gasteiger partial charge in [-0.15, -0.1) is 5.10 Å². The van der Waals surface area contributed by atoms with Crippen LogP contribution in [0, 0.1) is 5.92 Å². The molecule has 0 bridgehead atoms. The van der Waals surface area contributed by atoms with Crippen molar-refractivity contribution in [1.29, 1.82) is 0 Å². The molecule has 6 heteroatoms. The van der Waals surface area contributed by atoms with Gasteiger partial charge in [0, 0.05) is 5.56 Å². The number of benzene rings is 1. The van der Waals surface area contributed by atoms with E-state index >= 15 is 0 Å². The molecule has 1 aromatic carbocycles. The molecule has 23 heavy (non-hydrogen) atoms. The summed E-state index contributed by atoms with van der Waals surface area (Å²) in [6.45, 7) is 4.14. The highest BCUT2D eigenvalue weighted by Gasteiger charge is 2.14. The number of hydrogen-bond acceptors (Lipinski definition) is 5. The number of phenolic OH excluding ortho intramolecular Hbond substituents is 1. The molecule has 120 valence electrons. The van der Waals surface area contributed by atoms with Crippen LogP contribution in [0.2, 0.25) is 0 Å².